The van der Waals surface area contributed by atoms with Gasteiger partial charge in [0.15, 0.2) is 0 Å². The van der Waals surface area contributed by atoms with E-state index >= 15 is 0 Å². The summed E-state index contributed by atoms with van der Waals surface area (Å²) in [6, 6.07) is 12.4. The molecule has 0 saturated carbocycles. The summed E-state index contributed by atoms with van der Waals surface area (Å²) in [5.41, 5.74) is 2.89. The monoisotopic (exact) mass is 442 g/mol. The Hall–Kier alpha value is -2.87. The number of aromatic nitrogens is 2. The number of rotatable bonds is 9. The van der Waals surface area contributed by atoms with E-state index in [1.165, 1.54) is 0 Å². The van der Waals surface area contributed by atoms with Gasteiger partial charge in [0.05, 0.1) is 18.4 Å². The van der Waals surface area contributed by atoms with Crippen molar-refractivity contribution in [2.75, 3.05) is 14.1 Å². The molecule has 0 aliphatic heterocycles. The predicted molar refractivity (Wildman–Crippen MR) is 121 cm³/mol. The molecule has 2 aromatic carbocycles. The maximum Gasteiger partial charge on any atom is 0.320 e. The molecule has 0 aliphatic carbocycles. The molecule has 0 saturated heterocycles. The van der Waals surface area contributed by atoms with Crippen LogP contribution in [0.2, 0.25) is 5.02 Å². The Bertz CT molecular complexity index is 1050. The summed E-state index contributed by atoms with van der Waals surface area (Å²) in [5.74, 6) is 1.33. The van der Waals surface area contributed by atoms with Crippen molar-refractivity contribution in [1.29, 1.82) is 0 Å². The lowest BCUT2D eigenvalue weighted by Crippen LogP contribution is -2.33. The van der Waals surface area contributed by atoms with Crippen LogP contribution in [-0.4, -0.2) is 45.7 Å². The number of nitrogens with zero attached hydrogens (tertiary/aromatic N) is 3. The van der Waals surface area contributed by atoms with Crippen molar-refractivity contribution in [2.24, 2.45) is 7.05 Å². The molecule has 1 aromatic heterocycles. The van der Waals surface area contributed by atoms with E-state index in [4.69, 9.17) is 21.4 Å². The highest BCUT2D eigenvalue weighted by Gasteiger charge is 2.13. The van der Waals surface area contributed by atoms with Gasteiger partial charge in [-0.15, -0.1) is 0 Å². The number of halogens is 1. The van der Waals surface area contributed by atoms with E-state index in [1.807, 2.05) is 57.7 Å². The third-order valence-corrected chi connectivity index (χ3v) is 5.15. The van der Waals surface area contributed by atoms with Gasteiger partial charge in [-0.3, -0.25) is 4.79 Å². The number of carboxylic acids is 1. The Morgan fingerprint density at radius 2 is 1.97 bits per heavy atom. The lowest BCUT2D eigenvalue weighted by Gasteiger charge is -2.15. The second-order valence-electron chi connectivity index (χ2n) is 7.68. The van der Waals surface area contributed by atoms with Crippen LogP contribution in [0.1, 0.15) is 18.3 Å². The molecule has 1 heterocycles. The number of carboxylic acid groups (broad SMARTS) is 1. The van der Waals surface area contributed by atoms with Crippen LogP contribution < -0.4 is 10.1 Å². The number of benzene rings is 2. The van der Waals surface area contributed by atoms with Crippen molar-refractivity contribution in [3.63, 3.8) is 0 Å². The highest BCUT2D eigenvalue weighted by molar-refractivity contribution is 6.30. The summed E-state index contributed by atoms with van der Waals surface area (Å²) in [4.78, 5) is 17.7. The van der Waals surface area contributed by atoms with Crippen LogP contribution >= 0.6 is 11.6 Å². The van der Waals surface area contributed by atoms with Gasteiger partial charge in [-0.1, -0.05) is 17.7 Å². The zero-order valence-electron chi connectivity index (χ0n) is 18.1. The quantitative estimate of drug-likeness (QED) is 0.518. The maximum absolute atomic E-state index is 11.1. The first kappa shape index (κ1) is 22.8. The predicted octanol–water partition coefficient (Wildman–Crippen LogP) is 4.16. The molecule has 7 nitrogen and oxygen atoms in total. The fraction of sp³-hybridized carbons (Fsp3) is 0.304. The van der Waals surface area contributed by atoms with E-state index in [1.54, 1.807) is 19.1 Å². The molecule has 0 aliphatic rings. The number of ether oxygens (including phenoxy) is 1. The average molecular weight is 443 g/mol. The van der Waals surface area contributed by atoms with Gasteiger partial charge in [0.1, 0.15) is 23.4 Å². The summed E-state index contributed by atoms with van der Waals surface area (Å²) < 4.78 is 8.14. The summed E-state index contributed by atoms with van der Waals surface area (Å²) in [5, 5.41) is 12.6. The number of imidazole rings is 1. The van der Waals surface area contributed by atoms with Crippen LogP contribution in [0, 0.1) is 0 Å². The van der Waals surface area contributed by atoms with Crippen molar-refractivity contribution in [3.8, 4) is 22.8 Å². The minimum atomic E-state index is -0.907. The first-order valence-corrected chi connectivity index (χ1v) is 10.3. The van der Waals surface area contributed by atoms with E-state index in [0.717, 1.165) is 29.2 Å². The van der Waals surface area contributed by atoms with Crippen molar-refractivity contribution in [2.45, 2.75) is 26.1 Å². The molecule has 0 spiro atoms. The van der Waals surface area contributed by atoms with Gasteiger partial charge in [0.2, 0.25) is 0 Å². The third-order valence-electron chi connectivity index (χ3n) is 4.92. The topological polar surface area (TPSA) is 79.6 Å². The lowest BCUT2D eigenvalue weighted by atomic mass is 10.1. The first-order chi connectivity index (χ1) is 14.7. The summed E-state index contributed by atoms with van der Waals surface area (Å²) in [7, 11) is 6.04. The second kappa shape index (κ2) is 9.96. The number of carbonyl (C=O) groups is 1. The largest absolute Gasteiger partial charge is 0.480 e. The zero-order chi connectivity index (χ0) is 22.5. The average Bonchev–Trinajstić information content (AvgIpc) is 3.07. The maximum atomic E-state index is 11.1. The first-order valence-electron chi connectivity index (χ1n) is 9.93. The Labute approximate surface area is 187 Å². The molecule has 0 radical (unpaired) electrons. The van der Waals surface area contributed by atoms with E-state index in [9.17, 15) is 4.79 Å². The van der Waals surface area contributed by atoms with E-state index in [-0.39, 0.29) is 0 Å². The fourth-order valence-electron chi connectivity index (χ4n) is 3.09. The second-order valence-corrected chi connectivity index (χ2v) is 8.11. The van der Waals surface area contributed by atoms with Crippen LogP contribution in [0.15, 0.2) is 48.7 Å². The van der Waals surface area contributed by atoms with Crippen molar-refractivity contribution in [1.82, 2.24) is 19.8 Å². The number of hydrogen-bond donors (Lipinski definition) is 2. The molecule has 0 bridgehead atoms. The Morgan fingerprint density at radius 3 is 2.61 bits per heavy atom. The molecule has 0 fully saturated rings. The minimum absolute atomic E-state index is 0.349. The summed E-state index contributed by atoms with van der Waals surface area (Å²) >= 11 is 6.15. The van der Waals surface area contributed by atoms with Gasteiger partial charge in [-0.05, 0) is 57.4 Å². The molecule has 3 aromatic rings. The SMILES string of the molecule is C[C@H](NCc1ccc(Cl)cc1Oc1ccc(-c2cnc(CN(C)C)n2C)cc1)C(=O)O. The summed E-state index contributed by atoms with van der Waals surface area (Å²) in [6.07, 6.45) is 1.87. The molecule has 0 amide bonds. The van der Waals surface area contributed by atoms with E-state index < -0.39 is 12.0 Å². The summed E-state index contributed by atoms with van der Waals surface area (Å²) in [6.45, 7) is 2.71. The molecule has 164 valence electrons. The van der Waals surface area contributed by atoms with Gasteiger partial charge in [0, 0.05) is 29.7 Å². The minimum Gasteiger partial charge on any atom is -0.480 e. The normalized spacial score (nSPS) is 12.2. The molecular formula is C23H27ClN4O3. The van der Waals surface area contributed by atoms with Crippen molar-refractivity contribution in [3.05, 3.63) is 65.1 Å². The molecule has 31 heavy (non-hydrogen) atoms. The van der Waals surface area contributed by atoms with Crippen molar-refractivity contribution < 1.29 is 14.6 Å². The fourth-order valence-corrected chi connectivity index (χ4v) is 3.25. The smallest absolute Gasteiger partial charge is 0.320 e. The van der Waals surface area contributed by atoms with Gasteiger partial charge in [-0.25, -0.2) is 4.98 Å². The molecule has 2 N–H and O–H groups in total. The number of hydrogen-bond acceptors (Lipinski definition) is 5. The Morgan fingerprint density at radius 1 is 1.26 bits per heavy atom. The number of nitrogens with one attached hydrogen (secondary N) is 1. The zero-order valence-corrected chi connectivity index (χ0v) is 18.8. The molecule has 3 rings (SSSR count). The molecular weight excluding hydrogens is 416 g/mol. The number of aliphatic carboxylic acids is 1. The van der Waals surface area contributed by atoms with E-state index in [0.29, 0.717) is 23.1 Å². The third kappa shape index (κ3) is 5.85. The van der Waals surface area contributed by atoms with Crippen LogP contribution in [0.25, 0.3) is 11.3 Å². The standard InChI is InChI=1S/C23H27ClN4O3/c1-15(23(29)30)25-12-17-5-8-18(24)11-21(17)31-19-9-6-16(7-10-19)20-13-26-22(28(20)4)14-27(2)3/h5-11,13,15,25H,12,14H2,1-4H3,(H,29,30)/t15-/m0/s1. The van der Waals surface area contributed by atoms with Crippen molar-refractivity contribution >= 4 is 17.6 Å². The van der Waals surface area contributed by atoms with Crippen LogP contribution in [0.4, 0.5) is 0 Å². The lowest BCUT2D eigenvalue weighted by molar-refractivity contribution is -0.139. The van der Waals surface area contributed by atoms with Crippen LogP contribution in [0.3, 0.4) is 0 Å². The van der Waals surface area contributed by atoms with Gasteiger partial charge in [0.25, 0.3) is 0 Å². The molecule has 1 atom stereocenters. The Kier molecular flexibility index (Phi) is 7.33. The van der Waals surface area contributed by atoms with Crippen LogP contribution in [0.5, 0.6) is 11.5 Å². The van der Waals surface area contributed by atoms with Gasteiger partial charge < -0.3 is 24.6 Å². The molecule has 8 heteroatoms. The van der Waals surface area contributed by atoms with E-state index in [2.05, 4.69) is 19.8 Å². The van der Waals surface area contributed by atoms with Gasteiger partial charge in [-0.2, -0.15) is 0 Å². The molecule has 0 unspecified atom stereocenters. The highest BCUT2D eigenvalue weighted by Crippen LogP contribution is 2.30. The Balaban J connectivity index is 1.76. The van der Waals surface area contributed by atoms with Gasteiger partial charge >= 0.3 is 5.97 Å². The highest BCUT2D eigenvalue weighted by atomic mass is 35.5. The van der Waals surface area contributed by atoms with Crippen LogP contribution in [-0.2, 0) is 24.9 Å².